The monoisotopic (exact) mass is 1030 g/mol. The fraction of sp³-hybridized carbons (Fsp3) is 0.446. The second-order valence-corrected chi connectivity index (χ2v) is 20.4. The van der Waals surface area contributed by atoms with Crippen molar-refractivity contribution in [2.45, 2.75) is 103 Å². The van der Waals surface area contributed by atoms with E-state index < -0.39 is 12.0 Å². The number of hydrogen-bond donors (Lipinski definition) is 4. The summed E-state index contributed by atoms with van der Waals surface area (Å²) in [6, 6.07) is 19.8. The number of fused-ring (bicyclic) bond motifs is 5. The Morgan fingerprint density at radius 3 is 2.39 bits per heavy atom. The molecular formula is C56H69N7O10S. The molecule has 4 heterocycles. The standard InChI is InChI=1S/C56H69N7O10S/c1-7-22-72-23-13-21-57-52(66)17-11-9-15-42(64)25-35(2)54(68)58-36(3)48(65)30-43-28-38-26-39(19-20-51(38)74-43)60-55(69)47-29-40(33-61(47)4)59-53(67)18-12-24-73-50-32-46-44(31-49(50)71-6)56(70)63-41(34-62(46)5)27-37-14-8-10-16-45(37)63/h8,10,14,16,19-20,26,28-29,31-33,35-36,41H,7,9,11-13,15,17-18,21-25,27,30,34H2,1-6H3,(H,57,66)(H,58,68)(H,59,67)(H,60,69)/t35-,36+,41+/m1/s1. The van der Waals surface area contributed by atoms with Crippen molar-refractivity contribution < 1.29 is 47.8 Å². The summed E-state index contributed by atoms with van der Waals surface area (Å²) in [5, 5.41) is 12.3. The van der Waals surface area contributed by atoms with Gasteiger partial charge in [0.2, 0.25) is 17.7 Å². The molecule has 394 valence electrons. The number of aryl methyl sites for hydroxylation is 1. The topological polar surface area (TPSA) is 207 Å². The van der Waals surface area contributed by atoms with Crippen LogP contribution < -0.4 is 40.5 Å². The van der Waals surface area contributed by atoms with Gasteiger partial charge in [0.15, 0.2) is 17.3 Å². The molecule has 3 atom stereocenters. The summed E-state index contributed by atoms with van der Waals surface area (Å²) >= 11 is 1.45. The van der Waals surface area contributed by atoms with Gasteiger partial charge in [-0.25, -0.2) is 0 Å². The molecule has 2 aliphatic heterocycles. The molecule has 7 rings (SSSR count). The highest BCUT2D eigenvalue weighted by atomic mass is 32.1. The van der Waals surface area contributed by atoms with Crippen LogP contribution in [0.2, 0.25) is 0 Å². The second-order valence-electron chi connectivity index (χ2n) is 19.2. The van der Waals surface area contributed by atoms with Crippen LogP contribution in [0.4, 0.5) is 22.7 Å². The third kappa shape index (κ3) is 14.2. The summed E-state index contributed by atoms with van der Waals surface area (Å²) in [5.74, 6) is -1.05. The Bertz CT molecular complexity index is 2860. The molecule has 0 radical (unpaired) electrons. The lowest BCUT2D eigenvalue weighted by Gasteiger charge is -2.25. The molecular weight excluding hydrogens is 963 g/mol. The number of hydrogen-bond acceptors (Lipinski definition) is 12. The Morgan fingerprint density at radius 1 is 0.811 bits per heavy atom. The number of likely N-dealkylation sites (N-methyl/N-ethyl adjacent to an activating group) is 1. The molecule has 0 fully saturated rings. The first-order valence-corrected chi connectivity index (χ1v) is 26.4. The average Bonchev–Trinajstić information content (AvgIpc) is 4.06. The number of carbonyl (C=O) groups excluding carboxylic acids is 7. The first-order valence-electron chi connectivity index (χ1n) is 25.6. The molecule has 17 nitrogen and oxygen atoms in total. The van der Waals surface area contributed by atoms with Gasteiger partial charge in [-0.15, -0.1) is 11.3 Å². The molecule has 0 saturated carbocycles. The van der Waals surface area contributed by atoms with Gasteiger partial charge in [-0.05, 0) is 98.9 Å². The van der Waals surface area contributed by atoms with E-state index in [0.717, 1.165) is 51.2 Å². The van der Waals surface area contributed by atoms with E-state index in [9.17, 15) is 33.6 Å². The third-order valence-corrected chi connectivity index (χ3v) is 14.4. The van der Waals surface area contributed by atoms with E-state index in [1.807, 2.05) is 61.3 Å². The van der Waals surface area contributed by atoms with Crippen LogP contribution in [-0.4, -0.2) is 105 Å². The van der Waals surface area contributed by atoms with Gasteiger partial charge in [-0.2, -0.15) is 0 Å². The van der Waals surface area contributed by atoms with E-state index >= 15 is 0 Å². The van der Waals surface area contributed by atoms with Crippen molar-refractivity contribution in [3.05, 3.63) is 94.6 Å². The van der Waals surface area contributed by atoms with Gasteiger partial charge >= 0.3 is 0 Å². The number of unbranched alkanes of at least 4 members (excludes halogenated alkanes) is 1. The number of amides is 5. The van der Waals surface area contributed by atoms with Crippen LogP contribution in [0.1, 0.15) is 110 Å². The maximum Gasteiger partial charge on any atom is 0.272 e. The minimum Gasteiger partial charge on any atom is -0.493 e. The lowest BCUT2D eigenvalue weighted by atomic mass is 9.99. The Hall–Kier alpha value is -7.05. The van der Waals surface area contributed by atoms with Crippen LogP contribution in [0.15, 0.2) is 72.9 Å². The molecule has 2 aliphatic rings. The maximum absolute atomic E-state index is 13.9. The smallest absolute Gasteiger partial charge is 0.272 e. The first-order chi connectivity index (χ1) is 35.6. The Balaban J connectivity index is 0.821. The minimum atomic E-state index is -0.762. The molecule has 4 N–H and O–H groups in total. The number of methoxy groups -OCH3 is 1. The van der Waals surface area contributed by atoms with Crippen LogP contribution in [0.3, 0.4) is 0 Å². The molecule has 18 heteroatoms. The van der Waals surface area contributed by atoms with E-state index in [-0.39, 0.29) is 79.4 Å². The molecule has 3 aromatic carbocycles. The van der Waals surface area contributed by atoms with Crippen molar-refractivity contribution in [3.8, 4) is 11.5 Å². The van der Waals surface area contributed by atoms with Gasteiger partial charge in [0.05, 0.1) is 42.7 Å². The van der Waals surface area contributed by atoms with Crippen molar-refractivity contribution >= 4 is 85.3 Å². The number of nitrogens with one attached hydrogen (secondary N) is 4. The number of nitrogens with zero attached hydrogens (tertiary/aromatic N) is 3. The zero-order chi connectivity index (χ0) is 52.9. The normalized spacial score (nSPS) is 14.6. The maximum atomic E-state index is 13.9. The zero-order valence-electron chi connectivity index (χ0n) is 43.3. The van der Waals surface area contributed by atoms with Gasteiger partial charge < -0.3 is 49.8 Å². The molecule has 74 heavy (non-hydrogen) atoms. The molecule has 0 spiro atoms. The summed E-state index contributed by atoms with van der Waals surface area (Å²) in [6.45, 7) is 8.12. The Morgan fingerprint density at radius 2 is 1.59 bits per heavy atom. The second kappa shape index (κ2) is 25.7. The Labute approximate surface area is 436 Å². The van der Waals surface area contributed by atoms with Gasteiger partial charge in [0, 0.05) is 112 Å². The summed E-state index contributed by atoms with van der Waals surface area (Å²) in [4.78, 5) is 96.0. The summed E-state index contributed by atoms with van der Waals surface area (Å²) in [5.41, 5.74) is 4.73. The first kappa shape index (κ1) is 54.7. The quantitative estimate of drug-likeness (QED) is 0.0371. The number of ketones is 2. The van der Waals surface area contributed by atoms with Crippen molar-refractivity contribution in [2.24, 2.45) is 13.0 Å². The fourth-order valence-electron chi connectivity index (χ4n) is 9.33. The van der Waals surface area contributed by atoms with Crippen molar-refractivity contribution in [1.82, 2.24) is 15.2 Å². The van der Waals surface area contributed by atoms with Crippen LogP contribution in [-0.2, 0) is 48.6 Å². The van der Waals surface area contributed by atoms with Gasteiger partial charge in [-0.1, -0.05) is 32.0 Å². The molecule has 0 saturated heterocycles. The number of benzene rings is 3. The lowest BCUT2D eigenvalue weighted by molar-refractivity contribution is -0.131. The van der Waals surface area contributed by atoms with Gasteiger partial charge in [0.25, 0.3) is 11.8 Å². The zero-order valence-corrected chi connectivity index (χ0v) is 44.1. The largest absolute Gasteiger partial charge is 0.493 e. The number of ether oxygens (including phenoxy) is 3. The SMILES string of the molecule is CCCOCCCNC(=O)CCCCC(=O)C[C@@H](C)C(=O)N[C@@H](C)C(=O)Cc1cc2cc(NC(=O)c3cc(NC(=O)CCCOc4cc5c(cc4OC)C(=O)N4c6ccccc6C[C@H]4CN5C)cn3C)ccc2s1. The molecule has 2 aromatic heterocycles. The molecule has 0 bridgehead atoms. The molecule has 0 aliphatic carbocycles. The van der Waals surface area contributed by atoms with E-state index in [0.29, 0.717) is 86.1 Å². The van der Waals surface area contributed by atoms with E-state index in [2.05, 4.69) is 32.2 Å². The van der Waals surface area contributed by atoms with Gasteiger partial charge in [-0.3, -0.25) is 33.6 Å². The Kier molecular flexibility index (Phi) is 19.0. The van der Waals surface area contributed by atoms with Crippen molar-refractivity contribution in [3.63, 3.8) is 0 Å². The van der Waals surface area contributed by atoms with Crippen LogP contribution in [0, 0.1) is 5.92 Å². The number of rotatable bonds is 27. The summed E-state index contributed by atoms with van der Waals surface area (Å²) < 4.78 is 19.8. The number of para-hydroxylation sites is 1. The molecule has 5 aromatic rings. The average molecular weight is 1030 g/mol. The number of aromatic nitrogens is 1. The van der Waals surface area contributed by atoms with Crippen LogP contribution >= 0.6 is 11.3 Å². The van der Waals surface area contributed by atoms with Crippen molar-refractivity contribution in [1.29, 1.82) is 0 Å². The van der Waals surface area contributed by atoms with Gasteiger partial charge in [0.1, 0.15) is 11.5 Å². The van der Waals surface area contributed by atoms with Crippen molar-refractivity contribution in [2.75, 3.05) is 67.5 Å². The number of thiophene rings is 1. The lowest BCUT2D eigenvalue weighted by Crippen LogP contribution is -2.42. The van der Waals surface area contributed by atoms with E-state index in [1.165, 1.54) is 18.4 Å². The predicted octanol–water partition coefficient (Wildman–Crippen LogP) is 8.02. The number of anilines is 4. The highest BCUT2D eigenvalue weighted by Crippen LogP contribution is 2.42. The fourth-order valence-corrected chi connectivity index (χ4v) is 10.4. The minimum absolute atomic E-state index is 0.00871. The van der Waals surface area contributed by atoms with Crippen LogP contribution in [0.25, 0.3) is 10.1 Å². The highest BCUT2D eigenvalue weighted by molar-refractivity contribution is 7.19. The summed E-state index contributed by atoms with van der Waals surface area (Å²) in [6.07, 6.45) is 6.64. The number of carbonyl (C=O) groups is 7. The number of Topliss-reactive ketones (excluding diaryl/α,β-unsaturated/α-hetero) is 2. The third-order valence-electron chi connectivity index (χ3n) is 13.3. The molecule has 0 unspecified atom stereocenters. The molecule has 5 amide bonds. The predicted molar refractivity (Wildman–Crippen MR) is 288 cm³/mol. The highest BCUT2D eigenvalue weighted by Gasteiger charge is 2.39. The summed E-state index contributed by atoms with van der Waals surface area (Å²) in [7, 11) is 5.22. The van der Waals surface area contributed by atoms with E-state index in [4.69, 9.17) is 14.2 Å². The van der Waals surface area contributed by atoms with E-state index in [1.54, 1.807) is 49.9 Å². The van der Waals surface area contributed by atoms with Crippen LogP contribution in [0.5, 0.6) is 11.5 Å².